The summed E-state index contributed by atoms with van der Waals surface area (Å²) in [5.74, 6) is 0.620. The molecule has 18 heavy (non-hydrogen) atoms. The summed E-state index contributed by atoms with van der Waals surface area (Å²) >= 11 is 0. The molecule has 0 aromatic heterocycles. The maximum absolute atomic E-state index is 11.6. The maximum Gasteiger partial charge on any atom is 0.319 e. The second-order valence-corrected chi connectivity index (χ2v) is 5.05. The molecule has 0 spiro atoms. The summed E-state index contributed by atoms with van der Waals surface area (Å²) in [6.07, 6.45) is 1.09. The lowest BCUT2D eigenvalue weighted by molar-refractivity contribution is 0.251. The molecule has 3 unspecified atom stereocenters. The molecule has 1 aromatic carbocycles. The Morgan fingerprint density at radius 3 is 2.44 bits per heavy atom. The van der Waals surface area contributed by atoms with Crippen molar-refractivity contribution in [2.45, 2.75) is 32.4 Å². The largest absolute Gasteiger partial charge is 0.335 e. The number of carbonyl (C=O) groups is 1. The molecule has 1 fully saturated rings. The number of urea groups is 1. The van der Waals surface area contributed by atoms with Crippen LogP contribution in [0.4, 0.5) is 10.5 Å². The topological polar surface area (TPSA) is 53.2 Å². The van der Waals surface area contributed by atoms with E-state index in [1.807, 2.05) is 31.3 Å². The Morgan fingerprint density at radius 2 is 1.94 bits per heavy atom. The quantitative estimate of drug-likeness (QED) is 0.765. The lowest BCUT2D eigenvalue weighted by Crippen LogP contribution is -2.31. The third-order valence-electron chi connectivity index (χ3n) is 3.53. The van der Waals surface area contributed by atoms with Crippen molar-refractivity contribution in [1.29, 1.82) is 0 Å². The molecular formula is C14H21N3O. The van der Waals surface area contributed by atoms with E-state index >= 15 is 0 Å². The summed E-state index contributed by atoms with van der Waals surface area (Å²) in [5.41, 5.74) is 2.03. The Bertz CT molecular complexity index is 416. The first kappa shape index (κ1) is 12.9. The fourth-order valence-corrected chi connectivity index (χ4v) is 1.88. The highest BCUT2D eigenvalue weighted by molar-refractivity contribution is 5.89. The Morgan fingerprint density at radius 1 is 1.33 bits per heavy atom. The lowest BCUT2D eigenvalue weighted by Gasteiger charge is -2.12. The molecule has 1 saturated carbocycles. The molecule has 3 atom stereocenters. The lowest BCUT2D eigenvalue weighted by atomic mass is 10.1. The van der Waals surface area contributed by atoms with Crippen LogP contribution in [0.15, 0.2) is 24.3 Å². The van der Waals surface area contributed by atoms with E-state index < -0.39 is 0 Å². The van der Waals surface area contributed by atoms with Crippen LogP contribution in [0.3, 0.4) is 0 Å². The third-order valence-corrected chi connectivity index (χ3v) is 3.53. The van der Waals surface area contributed by atoms with Crippen LogP contribution in [0.1, 0.15) is 31.9 Å². The van der Waals surface area contributed by atoms with Gasteiger partial charge in [-0.15, -0.1) is 0 Å². The van der Waals surface area contributed by atoms with Crippen LogP contribution < -0.4 is 16.0 Å². The van der Waals surface area contributed by atoms with E-state index in [-0.39, 0.29) is 6.03 Å². The molecule has 1 aromatic rings. The van der Waals surface area contributed by atoms with Gasteiger partial charge in [0.15, 0.2) is 0 Å². The van der Waals surface area contributed by atoms with Crippen molar-refractivity contribution < 1.29 is 4.79 Å². The van der Waals surface area contributed by atoms with Crippen LogP contribution in [-0.2, 0) is 0 Å². The van der Waals surface area contributed by atoms with Crippen molar-refractivity contribution in [3.63, 3.8) is 0 Å². The first-order valence-corrected chi connectivity index (χ1v) is 6.45. The monoisotopic (exact) mass is 247 g/mol. The van der Waals surface area contributed by atoms with Gasteiger partial charge in [-0.1, -0.05) is 19.1 Å². The highest BCUT2D eigenvalue weighted by atomic mass is 16.2. The predicted molar refractivity (Wildman–Crippen MR) is 73.6 cm³/mol. The van der Waals surface area contributed by atoms with Gasteiger partial charge in [0.05, 0.1) is 0 Å². The molecule has 1 aliphatic rings. The van der Waals surface area contributed by atoms with Gasteiger partial charge in [0, 0.05) is 17.8 Å². The van der Waals surface area contributed by atoms with Gasteiger partial charge in [-0.2, -0.15) is 0 Å². The van der Waals surface area contributed by atoms with E-state index in [1.165, 1.54) is 5.56 Å². The molecule has 1 aliphatic carbocycles. The van der Waals surface area contributed by atoms with Gasteiger partial charge in [-0.25, -0.2) is 4.79 Å². The van der Waals surface area contributed by atoms with Crippen molar-refractivity contribution in [2.75, 3.05) is 12.4 Å². The number of rotatable bonds is 4. The molecule has 0 heterocycles. The summed E-state index contributed by atoms with van der Waals surface area (Å²) < 4.78 is 0. The summed E-state index contributed by atoms with van der Waals surface area (Å²) in [6.45, 7) is 4.24. The van der Waals surface area contributed by atoms with Crippen molar-refractivity contribution in [2.24, 2.45) is 5.92 Å². The molecule has 98 valence electrons. The van der Waals surface area contributed by atoms with E-state index in [0.29, 0.717) is 18.0 Å². The number of carbonyl (C=O) groups excluding carboxylic acids is 1. The number of hydrogen-bond donors (Lipinski definition) is 3. The van der Waals surface area contributed by atoms with E-state index in [1.54, 1.807) is 0 Å². The Hall–Kier alpha value is -1.55. The molecule has 0 aliphatic heterocycles. The van der Waals surface area contributed by atoms with Crippen LogP contribution in [0.25, 0.3) is 0 Å². The molecule has 4 heteroatoms. The number of amides is 2. The van der Waals surface area contributed by atoms with E-state index in [0.717, 1.165) is 12.1 Å². The Balaban J connectivity index is 1.87. The zero-order valence-corrected chi connectivity index (χ0v) is 11.2. The Kier molecular flexibility index (Phi) is 3.87. The third kappa shape index (κ3) is 3.23. The van der Waals surface area contributed by atoms with E-state index in [4.69, 9.17) is 0 Å². The summed E-state index contributed by atoms with van der Waals surface area (Å²) in [6, 6.07) is 8.47. The average Bonchev–Trinajstić information content (AvgIpc) is 3.04. The second kappa shape index (κ2) is 5.40. The fraction of sp³-hybridized carbons (Fsp3) is 0.500. The van der Waals surface area contributed by atoms with E-state index in [2.05, 4.69) is 29.8 Å². The minimum atomic E-state index is -0.112. The van der Waals surface area contributed by atoms with Crippen molar-refractivity contribution >= 4 is 11.7 Å². The maximum atomic E-state index is 11.6. The molecule has 2 amide bonds. The predicted octanol–water partition coefficient (Wildman–Crippen LogP) is 2.50. The summed E-state index contributed by atoms with van der Waals surface area (Å²) in [7, 11) is 1.93. The van der Waals surface area contributed by atoms with Gasteiger partial charge in [0.25, 0.3) is 0 Å². The van der Waals surface area contributed by atoms with Gasteiger partial charge in [0.1, 0.15) is 0 Å². The van der Waals surface area contributed by atoms with Gasteiger partial charge in [0.2, 0.25) is 0 Å². The van der Waals surface area contributed by atoms with Crippen LogP contribution in [0.5, 0.6) is 0 Å². The normalized spacial score (nSPS) is 23.3. The molecular weight excluding hydrogens is 226 g/mol. The standard InChI is InChI=1S/C14H21N3O/c1-9-8-13(9)17-14(18)16-12-6-4-11(5-7-12)10(2)15-3/h4-7,9-10,13,15H,8H2,1-3H3,(H2,16,17,18). The van der Waals surface area contributed by atoms with Crippen LogP contribution in [0, 0.1) is 5.92 Å². The van der Waals surface area contributed by atoms with E-state index in [9.17, 15) is 4.79 Å². The minimum absolute atomic E-state index is 0.112. The summed E-state index contributed by atoms with van der Waals surface area (Å²) in [5, 5.41) is 8.97. The highest BCUT2D eigenvalue weighted by Crippen LogP contribution is 2.28. The minimum Gasteiger partial charge on any atom is -0.335 e. The zero-order valence-electron chi connectivity index (χ0n) is 11.2. The van der Waals surface area contributed by atoms with Gasteiger partial charge in [-0.05, 0) is 44.0 Å². The van der Waals surface area contributed by atoms with Gasteiger partial charge < -0.3 is 16.0 Å². The molecule has 2 rings (SSSR count). The molecule has 4 nitrogen and oxygen atoms in total. The summed E-state index contributed by atoms with van der Waals surface area (Å²) in [4.78, 5) is 11.6. The highest BCUT2D eigenvalue weighted by Gasteiger charge is 2.33. The van der Waals surface area contributed by atoms with Gasteiger partial charge in [-0.3, -0.25) is 0 Å². The van der Waals surface area contributed by atoms with Crippen LogP contribution in [0.2, 0.25) is 0 Å². The SMILES string of the molecule is CNC(C)c1ccc(NC(=O)NC2CC2C)cc1. The first-order valence-electron chi connectivity index (χ1n) is 6.45. The second-order valence-electron chi connectivity index (χ2n) is 5.05. The molecule has 0 radical (unpaired) electrons. The van der Waals surface area contributed by atoms with Crippen LogP contribution >= 0.6 is 0 Å². The van der Waals surface area contributed by atoms with Gasteiger partial charge >= 0.3 is 6.03 Å². The van der Waals surface area contributed by atoms with Crippen molar-refractivity contribution in [3.8, 4) is 0 Å². The molecule has 0 saturated heterocycles. The van der Waals surface area contributed by atoms with Crippen molar-refractivity contribution in [3.05, 3.63) is 29.8 Å². The number of hydrogen-bond acceptors (Lipinski definition) is 2. The van der Waals surface area contributed by atoms with Crippen LogP contribution in [-0.4, -0.2) is 19.1 Å². The fourth-order valence-electron chi connectivity index (χ4n) is 1.88. The average molecular weight is 247 g/mol. The zero-order chi connectivity index (χ0) is 13.1. The Labute approximate surface area is 108 Å². The number of benzene rings is 1. The smallest absolute Gasteiger partial charge is 0.319 e. The molecule has 3 N–H and O–H groups in total. The van der Waals surface area contributed by atoms with Crippen molar-refractivity contribution in [1.82, 2.24) is 10.6 Å². The number of nitrogens with one attached hydrogen (secondary N) is 3. The first-order chi connectivity index (χ1) is 8.60. The molecule has 0 bridgehead atoms. The number of anilines is 1.